The zero-order chi connectivity index (χ0) is 27.9. The number of aromatic nitrogens is 2. The number of nitrogens with zero attached hydrogens (tertiary/aromatic N) is 4. The number of hydrogen-bond acceptors (Lipinski definition) is 8. The topological polar surface area (TPSA) is 143 Å². The summed E-state index contributed by atoms with van der Waals surface area (Å²) in [6.45, 7) is 4.93. The van der Waals surface area contributed by atoms with Gasteiger partial charge in [0.25, 0.3) is 5.91 Å². The lowest BCUT2D eigenvalue weighted by molar-refractivity contribution is 0.102. The molecule has 1 amide bonds. The Kier molecular flexibility index (Phi) is 9.77. The van der Waals surface area contributed by atoms with Gasteiger partial charge in [-0.3, -0.25) is 10.1 Å². The third kappa shape index (κ3) is 6.84. The molecule has 1 aromatic heterocycles. The van der Waals surface area contributed by atoms with Crippen molar-refractivity contribution in [2.75, 3.05) is 32.5 Å². The van der Waals surface area contributed by atoms with Gasteiger partial charge in [-0.25, -0.2) is 21.1 Å². The SMILES string of the molecule is CCCCN(CCCC)S(=O)(=O)c1ccc(C(=O)Nc2nnc(-c3ccc(S(=O)(=O)N(C)C)cc3)o2)cc1. The van der Waals surface area contributed by atoms with Gasteiger partial charge in [0.15, 0.2) is 0 Å². The lowest BCUT2D eigenvalue weighted by Gasteiger charge is -2.22. The Bertz CT molecular complexity index is 1430. The van der Waals surface area contributed by atoms with Crippen molar-refractivity contribution in [1.82, 2.24) is 18.8 Å². The van der Waals surface area contributed by atoms with Crippen LogP contribution in [-0.4, -0.2) is 68.7 Å². The highest BCUT2D eigenvalue weighted by atomic mass is 32.2. The molecule has 0 spiro atoms. The summed E-state index contributed by atoms with van der Waals surface area (Å²) < 4.78 is 58.8. The van der Waals surface area contributed by atoms with Crippen LogP contribution in [0, 0.1) is 0 Å². The second kappa shape index (κ2) is 12.6. The van der Waals surface area contributed by atoms with E-state index in [-0.39, 0.29) is 27.3 Å². The number of carbonyl (C=O) groups excluding carboxylic acids is 1. The van der Waals surface area contributed by atoms with Crippen LogP contribution >= 0.6 is 0 Å². The minimum atomic E-state index is -3.67. The first-order valence-corrected chi connectivity index (χ1v) is 15.2. The van der Waals surface area contributed by atoms with Crippen LogP contribution < -0.4 is 5.32 Å². The maximum absolute atomic E-state index is 13.1. The van der Waals surface area contributed by atoms with E-state index >= 15 is 0 Å². The zero-order valence-corrected chi connectivity index (χ0v) is 23.5. The van der Waals surface area contributed by atoms with E-state index in [0.717, 1.165) is 30.0 Å². The van der Waals surface area contributed by atoms with Gasteiger partial charge in [0.1, 0.15) is 0 Å². The van der Waals surface area contributed by atoms with Gasteiger partial charge in [-0.15, -0.1) is 5.10 Å². The molecule has 206 valence electrons. The summed E-state index contributed by atoms with van der Waals surface area (Å²) in [5, 5.41) is 10.2. The van der Waals surface area contributed by atoms with Crippen molar-refractivity contribution in [2.24, 2.45) is 0 Å². The fraction of sp³-hybridized carbons (Fsp3) is 0.400. The van der Waals surface area contributed by atoms with Crippen LogP contribution in [0.1, 0.15) is 49.9 Å². The average Bonchev–Trinajstić information content (AvgIpc) is 3.37. The molecule has 0 aliphatic rings. The summed E-state index contributed by atoms with van der Waals surface area (Å²) in [4.78, 5) is 12.9. The summed E-state index contributed by atoms with van der Waals surface area (Å²) in [5.74, 6) is -0.458. The molecule has 0 fully saturated rings. The van der Waals surface area contributed by atoms with E-state index in [2.05, 4.69) is 15.5 Å². The minimum Gasteiger partial charge on any atom is -0.403 e. The molecule has 38 heavy (non-hydrogen) atoms. The van der Waals surface area contributed by atoms with Crippen molar-refractivity contribution < 1.29 is 26.0 Å². The second-order valence-electron chi connectivity index (χ2n) is 8.81. The molecule has 3 aromatic rings. The number of unbranched alkanes of at least 4 members (excludes halogenated alkanes) is 2. The molecular weight excluding hydrogens is 530 g/mol. The molecule has 2 aromatic carbocycles. The number of sulfonamides is 2. The molecule has 3 rings (SSSR count). The largest absolute Gasteiger partial charge is 0.403 e. The number of anilines is 1. The monoisotopic (exact) mass is 563 g/mol. The van der Waals surface area contributed by atoms with Gasteiger partial charge in [0, 0.05) is 38.3 Å². The highest BCUT2D eigenvalue weighted by molar-refractivity contribution is 7.89. The molecule has 0 saturated heterocycles. The molecule has 0 radical (unpaired) electrons. The Balaban J connectivity index is 1.70. The van der Waals surface area contributed by atoms with Crippen LogP contribution in [0.3, 0.4) is 0 Å². The molecule has 0 saturated carbocycles. The normalized spacial score (nSPS) is 12.3. The molecule has 0 bridgehead atoms. The lowest BCUT2D eigenvalue weighted by Crippen LogP contribution is -2.33. The van der Waals surface area contributed by atoms with E-state index in [9.17, 15) is 21.6 Å². The van der Waals surface area contributed by atoms with E-state index < -0.39 is 26.0 Å². The van der Waals surface area contributed by atoms with Gasteiger partial charge >= 0.3 is 6.01 Å². The van der Waals surface area contributed by atoms with E-state index in [1.807, 2.05) is 13.8 Å². The molecule has 0 atom stereocenters. The van der Waals surface area contributed by atoms with Gasteiger partial charge in [0.2, 0.25) is 25.9 Å². The minimum absolute atomic E-state index is 0.0924. The first kappa shape index (κ1) is 29.4. The molecule has 0 aliphatic heterocycles. The molecular formula is C25H33N5O6S2. The van der Waals surface area contributed by atoms with Crippen molar-refractivity contribution in [3.8, 4) is 11.5 Å². The standard InChI is InChI=1S/C25H33N5O6S2/c1-5-7-17-30(18-8-6-2)38(34,35)22-13-9-19(10-14-22)23(31)26-25-28-27-24(36-25)20-11-15-21(16-12-20)37(32,33)29(3)4/h9-16H,5-8,17-18H2,1-4H3,(H,26,28,31). The Morgan fingerprint density at radius 2 is 1.34 bits per heavy atom. The van der Waals surface area contributed by atoms with E-state index in [1.54, 1.807) is 0 Å². The van der Waals surface area contributed by atoms with Crippen LogP contribution in [0.4, 0.5) is 6.01 Å². The highest BCUT2D eigenvalue weighted by Crippen LogP contribution is 2.23. The lowest BCUT2D eigenvalue weighted by atomic mass is 10.2. The summed E-state index contributed by atoms with van der Waals surface area (Å²) in [5.41, 5.74) is 0.691. The van der Waals surface area contributed by atoms with Crippen molar-refractivity contribution in [1.29, 1.82) is 0 Å². The number of carbonyl (C=O) groups is 1. The Morgan fingerprint density at radius 3 is 1.87 bits per heavy atom. The van der Waals surface area contributed by atoms with Gasteiger partial charge in [-0.2, -0.15) is 4.31 Å². The fourth-order valence-corrected chi connectivity index (χ4v) is 5.91. The maximum atomic E-state index is 13.1. The first-order chi connectivity index (χ1) is 18.0. The quantitative estimate of drug-likeness (QED) is 0.331. The second-order valence-corrected chi connectivity index (χ2v) is 12.9. The van der Waals surface area contributed by atoms with Crippen LogP contribution in [0.25, 0.3) is 11.5 Å². The maximum Gasteiger partial charge on any atom is 0.322 e. The number of rotatable bonds is 13. The predicted octanol–water partition coefficient (Wildman–Crippen LogP) is 3.83. The van der Waals surface area contributed by atoms with Crippen molar-refractivity contribution in [3.05, 3.63) is 54.1 Å². The van der Waals surface area contributed by atoms with E-state index in [4.69, 9.17) is 4.42 Å². The van der Waals surface area contributed by atoms with Gasteiger partial charge in [-0.1, -0.05) is 31.8 Å². The fourth-order valence-electron chi connectivity index (χ4n) is 3.49. The van der Waals surface area contributed by atoms with Gasteiger partial charge < -0.3 is 4.42 Å². The smallest absolute Gasteiger partial charge is 0.322 e. The van der Waals surface area contributed by atoms with Crippen LogP contribution in [-0.2, 0) is 20.0 Å². The Labute approximate surface area is 224 Å². The zero-order valence-electron chi connectivity index (χ0n) is 21.9. The Hall–Kier alpha value is -3.13. The predicted molar refractivity (Wildman–Crippen MR) is 144 cm³/mol. The summed E-state index contributed by atoms with van der Waals surface area (Å²) in [7, 11) is -4.36. The van der Waals surface area contributed by atoms with E-state index in [0.29, 0.717) is 18.7 Å². The number of hydrogen-bond donors (Lipinski definition) is 1. The molecule has 11 nitrogen and oxygen atoms in total. The van der Waals surface area contributed by atoms with Crippen LogP contribution in [0.5, 0.6) is 0 Å². The molecule has 13 heteroatoms. The molecule has 1 N–H and O–H groups in total. The molecule has 1 heterocycles. The van der Waals surface area contributed by atoms with Crippen molar-refractivity contribution >= 4 is 32.0 Å². The van der Waals surface area contributed by atoms with Crippen LogP contribution in [0.2, 0.25) is 0 Å². The van der Waals surface area contributed by atoms with Crippen LogP contribution in [0.15, 0.2) is 62.7 Å². The average molecular weight is 564 g/mol. The molecule has 0 aliphatic carbocycles. The third-order valence-corrected chi connectivity index (χ3v) is 9.54. The Morgan fingerprint density at radius 1 is 0.816 bits per heavy atom. The molecule has 0 unspecified atom stereocenters. The summed E-state index contributed by atoms with van der Waals surface area (Å²) >= 11 is 0. The van der Waals surface area contributed by atoms with Crippen molar-refractivity contribution in [3.63, 3.8) is 0 Å². The number of benzene rings is 2. The van der Waals surface area contributed by atoms with Crippen molar-refractivity contribution in [2.45, 2.75) is 49.3 Å². The first-order valence-electron chi connectivity index (χ1n) is 12.3. The highest BCUT2D eigenvalue weighted by Gasteiger charge is 2.24. The number of nitrogens with one attached hydrogen (secondary N) is 1. The third-order valence-electron chi connectivity index (χ3n) is 5.80. The number of amides is 1. The van der Waals surface area contributed by atoms with Gasteiger partial charge in [-0.05, 0) is 61.4 Å². The van der Waals surface area contributed by atoms with E-state index in [1.165, 1.54) is 66.9 Å². The van der Waals surface area contributed by atoms with Gasteiger partial charge in [0.05, 0.1) is 9.79 Å². The summed E-state index contributed by atoms with van der Waals surface area (Å²) in [6, 6.07) is 11.4. The summed E-state index contributed by atoms with van der Waals surface area (Å²) in [6.07, 6.45) is 3.32.